The molecule has 0 N–H and O–H groups in total. The van der Waals surface area contributed by atoms with Crippen LogP contribution < -0.4 is 0 Å². The van der Waals surface area contributed by atoms with E-state index in [2.05, 4.69) is 0 Å². The molecule has 0 heterocycles. The minimum Gasteiger partial charge on any atom is -0.298 e. The minimum atomic E-state index is -0.365. The van der Waals surface area contributed by atoms with E-state index in [1.54, 1.807) is 24.3 Å². The van der Waals surface area contributed by atoms with E-state index in [1.165, 1.54) is 17.8 Å². The molecule has 0 saturated heterocycles. The maximum Gasteiger partial charge on any atom is 0.150 e. The number of hydrogen-bond acceptors (Lipinski definition) is 2. The first-order valence-corrected chi connectivity index (χ1v) is 6.68. The summed E-state index contributed by atoms with van der Waals surface area (Å²) in [5, 5.41) is 0.143. The molecule has 18 heavy (non-hydrogen) atoms. The Morgan fingerprint density at radius 2 is 1.89 bits per heavy atom. The molecule has 0 unspecified atom stereocenters. The van der Waals surface area contributed by atoms with Gasteiger partial charge in [-0.25, -0.2) is 4.39 Å². The smallest absolute Gasteiger partial charge is 0.150 e. The van der Waals surface area contributed by atoms with Crippen LogP contribution in [0.4, 0.5) is 4.39 Å². The van der Waals surface area contributed by atoms with Crippen molar-refractivity contribution in [3.05, 3.63) is 64.4 Å². The van der Waals surface area contributed by atoms with E-state index in [0.29, 0.717) is 16.9 Å². The second kappa shape index (κ2) is 6.03. The van der Waals surface area contributed by atoms with Gasteiger partial charge in [0.25, 0.3) is 0 Å². The van der Waals surface area contributed by atoms with Gasteiger partial charge in [-0.2, -0.15) is 0 Å². The molecule has 0 aliphatic carbocycles. The first kappa shape index (κ1) is 13.1. The zero-order valence-electron chi connectivity index (χ0n) is 9.40. The number of benzene rings is 2. The lowest BCUT2D eigenvalue weighted by atomic mass is 10.2. The van der Waals surface area contributed by atoms with Gasteiger partial charge in [-0.3, -0.25) is 4.79 Å². The van der Waals surface area contributed by atoms with Crippen LogP contribution in [0.25, 0.3) is 0 Å². The molecule has 0 aromatic heterocycles. The van der Waals surface area contributed by atoms with Crippen LogP contribution in [0.5, 0.6) is 0 Å². The van der Waals surface area contributed by atoms with Crippen molar-refractivity contribution in [3.8, 4) is 0 Å². The largest absolute Gasteiger partial charge is 0.298 e. The maximum absolute atomic E-state index is 13.6. The summed E-state index contributed by atoms with van der Waals surface area (Å²) in [5.41, 5.74) is 1.21. The molecule has 2 aromatic rings. The molecule has 2 rings (SSSR count). The Bertz CT molecular complexity index is 554. The zero-order chi connectivity index (χ0) is 13.0. The van der Waals surface area contributed by atoms with Gasteiger partial charge in [0.05, 0.1) is 5.02 Å². The molecule has 2 aromatic carbocycles. The Morgan fingerprint density at radius 1 is 1.17 bits per heavy atom. The van der Waals surface area contributed by atoms with Gasteiger partial charge in [-0.1, -0.05) is 35.9 Å². The van der Waals surface area contributed by atoms with Crippen LogP contribution in [0, 0.1) is 5.82 Å². The van der Waals surface area contributed by atoms with Crippen molar-refractivity contribution in [2.24, 2.45) is 0 Å². The van der Waals surface area contributed by atoms with Crippen LogP contribution in [0.15, 0.2) is 47.4 Å². The zero-order valence-corrected chi connectivity index (χ0v) is 11.0. The predicted molar refractivity (Wildman–Crippen MR) is 72.8 cm³/mol. The molecule has 4 heteroatoms. The Morgan fingerprint density at radius 3 is 2.56 bits per heavy atom. The first-order valence-electron chi connectivity index (χ1n) is 5.31. The van der Waals surface area contributed by atoms with Crippen LogP contribution in [0.2, 0.25) is 5.02 Å². The highest BCUT2D eigenvalue weighted by molar-refractivity contribution is 7.98. The number of aldehydes is 1. The first-order chi connectivity index (χ1) is 8.70. The van der Waals surface area contributed by atoms with Gasteiger partial charge in [-0.15, -0.1) is 11.8 Å². The molecule has 0 fully saturated rings. The van der Waals surface area contributed by atoms with Gasteiger partial charge in [-0.05, 0) is 23.8 Å². The highest BCUT2D eigenvalue weighted by Gasteiger charge is 2.06. The molecule has 0 bridgehead atoms. The summed E-state index contributed by atoms with van der Waals surface area (Å²) in [4.78, 5) is 11.5. The molecule has 0 spiro atoms. The van der Waals surface area contributed by atoms with Gasteiger partial charge >= 0.3 is 0 Å². The van der Waals surface area contributed by atoms with E-state index >= 15 is 0 Å². The monoisotopic (exact) mass is 280 g/mol. The Labute approximate surface area is 114 Å². The molecule has 0 aliphatic rings. The van der Waals surface area contributed by atoms with Crippen molar-refractivity contribution in [3.63, 3.8) is 0 Å². The number of carbonyl (C=O) groups is 1. The summed E-state index contributed by atoms with van der Waals surface area (Å²) >= 11 is 7.21. The minimum absolute atomic E-state index is 0.143. The molecule has 0 amide bonds. The third kappa shape index (κ3) is 3.12. The molecular weight excluding hydrogens is 271 g/mol. The number of halogens is 2. The fraction of sp³-hybridized carbons (Fsp3) is 0.0714. The van der Waals surface area contributed by atoms with Crippen LogP contribution in [0.1, 0.15) is 15.9 Å². The number of carbonyl (C=O) groups excluding carboxylic acids is 1. The van der Waals surface area contributed by atoms with Gasteiger partial charge < -0.3 is 0 Å². The summed E-state index contributed by atoms with van der Waals surface area (Å²) in [6.07, 6.45) is 0.797. The normalized spacial score (nSPS) is 10.3. The van der Waals surface area contributed by atoms with Crippen molar-refractivity contribution in [2.75, 3.05) is 0 Å². The van der Waals surface area contributed by atoms with E-state index in [9.17, 15) is 9.18 Å². The molecule has 0 aliphatic heterocycles. The quantitative estimate of drug-likeness (QED) is 0.602. The summed E-state index contributed by atoms with van der Waals surface area (Å²) < 4.78 is 13.6. The molecule has 0 radical (unpaired) electrons. The lowest BCUT2D eigenvalue weighted by Crippen LogP contribution is -1.88. The van der Waals surface area contributed by atoms with E-state index in [1.807, 2.05) is 12.1 Å². The SMILES string of the molecule is O=Cc1ccc(SCc2cccc(Cl)c2F)cc1. The Balaban J connectivity index is 2.06. The number of thioether (sulfide) groups is 1. The van der Waals surface area contributed by atoms with Gasteiger partial charge in [0, 0.05) is 16.2 Å². The van der Waals surface area contributed by atoms with E-state index in [4.69, 9.17) is 11.6 Å². The Hall–Kier alpha value is -1.32. The summed E-state index contributed by atoms with van der Waals surface area (Å²) in [5.74, 6) is 0.142. The molecule has 0 saturated carbocycles. The topological polar surface area (TPSA) is 17.1 Å². The third-order valence-electron chi connectivity index (χ3n) is 2.44. The molecular formula is C14H10ClFOS. The second-order valence-corrected chi connectivity index (χ2v) is 5.14. The molecule has 0 atom stereocenters. The summed E-state index contributed by atoms with van der Waals surface area (Å²) in [7, 11) is 0. The van der Waals surface area contributed by atoms with Crippen molar-refractivity contribution in [1.82, 2.24) is 0 Å². The van der Waals surface area contributed by atoms with Crippen LogP contribution in [-0.4, -0.2) is 6.29 Å². The Kier molecular flexibility index (Phi) is 4.39. The van der Waals surface area contributed by atoms with Gasteiger partial charge in [0.1, 0.15) is 12.1 Å². The molecule has 1 nitrogen and oxygen atoms in total. The van der Waals surface area contributed by atoms with Crippen molar-refractivity contribution >= 4 is 29.6 Å². The van der Waals surface area contributed by atoms with Crippen LogP contribution in [-0.2, 0) is 5.75 Å². The molecule has 92 valence electrons. The van der Waals surface area contributed by atoms with E-state index in [-0.39, 0.29) is 10.8 Å². The maximum atomic E-state index is 13.6. The third-order valence-corrected chi connectivity index (χ3v) is 3.79. The highest BCUT2D eigenvalue weighted by atomic mass is 35.5. The van der Waals surface area contributed by atoms with Crippen LogP contribution >= 0.6 is 23.4 Å². The lowest BCUT2D eigenvalue weighted by molar-refractivity contribution is 0.112. The van der Waals surface area contributed by atoms with E-state index < -0.39 is 0 Å². The average Bonchev–Trinajstić information content (AvgIpc) is 2.41. The fourth-order valence-electron chi connectivity index (χ4n) is 1.46. The average molecular weight is 281 g/mol. The van der Waals surface area contributed by atoms with Crippen molar-refractivity contribution in [2.45, 2.75) is 10.6 Å². The predicted octanol–water partition coefficient (Wildman–Crippen LogP) is 4.58. The van der Waals surface area contributed by atoms with Crippen molar-refractivity contribution < 1.29 is 9.18 Å². The summed E-state index contributed by atoms with van der Waals surface area (Å²) in [6, 6.07) is 12.1. The fourth-order valence-corrected chi connectivity index (χ4v) is 2.53. The van der Waals surface area contributed by atoms with Crippen LogP contribution in [0.3, 0.4) is 0 Å². The summed E-state index contributed by atoms with van der Waals surface area (Å²) in [6.45, 7) is 0. The standard InChI is InChI=1S/C14H10ClFOS/c15-13-3-1-2-11(14(13)16)9-18-12-6-4-10(8-17)5-7-12/h1-8H,9H2. The number of hydrogen-bond donors (Lipinski definition) is 0. The second-order valence-electron chi connectivity index (χ2n) is 3.69. The van der Waals surface area contributed by atoms with Gasteiger partial charge in [0.2, 0.25) is 0 Å². The number of rotatable bonds is 4. The lowest BCUT2D eigenvalue weighted by Gasteiger charge is -2.04. The van der Waals surface area contributed by atoms with Gasteiger partial charge in [0.15, 0.2) is 0 Å². The van der Waals surface area contributed by atoms with Crippen molar-refractivity contribution in [1.29, 1.82) is 0 Å². The highest BCUT2D eigenvalue weighted by Crippen LogP contribution is 2.26. The van der Waals surface area contributed by atoms with E-state index in [0.717, 1.165) is 11.2 Å².